The number of benzene rings is 1. The molecule has 3 fully saturated rings. The molecule has 3 aliphatic heterocycles. The molecule has 1 aromatic carbocycles. The smallest absolute Gasteiger partial charge is 0.307 e. The Labute approximate surface area is 142 Å². The van der Waals surface area contributed by atoms with Crippen molar-refractivity contribution in [3.05, 3.63) is 41.9 Å². The third kappa shape index (κ3) is 2.63. The van der Waals surface area contributed by atoms with Gasteiger partial charge in [0, 0.05) is 17.6 Å². The van der Waals surface area contributed by atoms with Crippen LogP contribution in [-0.2, 0) is 0 Å². The van der Waals surface area contributed by atoms with Gasteiger partial charge in [0.05, 0.1) is 6.20 Å². The van der Waals surface area contributed by atoms with E-state index < -0.39 is 0 Å². The zero-order chi connectivity index (χ0) is 16.7. The molecule has 5 heteroatoms. The minimum atomic E-state index is -0.208. The van der Waals surface area contributed by atoms with Gasteiger partial charge < -0.3 is 9.73 Å². The van der Waals surface area contributed by atoms with Crippen molar-refractivity contribution in [3.8, 4) is 11.3 Å². The highest BCUT2D eigenvalue weighted by molar-refractivity contribution is 5.90. The number of oxazole rings is 1. The predicted octanol–water partition coefficient (Wildman–Crippen LogP) is 2.86. The molecule has 4 heterocycles. The molecule has 3 saturated heterocycles. The van der Waals surface area contributed by atoms with Gasteiger partial charge in [-0.25, -0.2) is 4.98 Å². The summed E-state index contributed by atoms with van der Waals surface area (Å²) in [6.45, 7) is 6.51. The standard InChI is InChI=1S/C19H23N3O2/c1-12-5-3-4-6-15(12)16-11-20-19(24-16)18(23)21-17-13(2)22-9-7-14(17)8-10-22/h3-6,11,13-14,17H,7-10H2,1-2H3,(H,21,23)/t13-,17+/m1/s1. The van der Waals surface area contributed by atoms with E-state index in [0.717, 1.165) is 37.1 Å². The summed E-state index contributed by atoms with van der Waals surface area (Å²) < 4.78 is 5.73. The van der Waals surface area contributed by atoms with Crippen LogP contribution in [0.1, 0.15) is 36.0 Å². The first-order chi connectivity index (χ1) is 11.6. The Morgan fingerprint density at radius 3 is 2.75 bits per heavy atom. The molecule has 1 amide bonds. The van der Waals surface area contributed by atoms with Crippen LogP contribution in [0, 0.1) is 12.8 Å². The van der Waals surface area contributed by atoms with Gasteiger partial charge in [-0.15, -0.1) is 0 Å². The number of amides is 1. The Balaban J connectivity index is 1.51. The van der Waals surface area contributed by atoms with E-state index in [1.54, 1.807) is 6.20 Å². The Kier molecular flexibility index (Phi) is 3.88. The van der Waals surface area contributed by atoms with Gasteiger partial charge in [-0.1, -0.05) is 24.3 Å². The lowest BCUT2D eigenvalue weighted by Crippen LogP contribution is -2.62. The fourth-order valence-electron chi connectivity index (χ4n) is 4.11. The number of aryl methyl sites for hydroxylation is 1. The lowest BCUT2D eigenvalue weighted by Gasteiger charge is -2.49. The molecule has 1 N–H and O–H groups in total. The summed E-state index contributed by atoms with van der Waals surface area (Å²) in [6, 6.07) is 8.51. The van der Waals surface area contributed by atoms with Crippen molar-refractivity contribution >= 4 is 5.91 Å². The normalized spacial score (nSPS) is 28.8. The second kappa shape index (κ2) is 6.06. The van der Waals surface area contributed by atoms with Crippen molar-refractivity contribution in [2.75, 3.05) is 13.1 Å². The summed E-state index contributed by atoms with van der Waals surface area (Å²) in [6.07, 6.45) is 3.96. The van der Waals surface area contributed by atoms with Gasteiger partial charge in [0.25, 0.3) is 5.89 Å². The molecule has 5 nitrogen and oxygen atoms in total. The van der Waals surface area contributed by atoms with Gasteiger partial charge in [-0.3, -0.25) is 9.69 Å². The average Bonchev–Trinajstić information content (AvgIpc) is 3.09. The maximum Gasteiger partial charge on any atom is 0.307 e. The van der Waals surface area contributed by atoms with E-state index in [4.69, 9.17) is 4.42 Å². The second-order valence-corrected chi connectivity index (χ2v) is 6.96. The highest BCUT2D eigenvalue weighted by Crippen LogP contribution is 2.32. The van der Waals surface area contributed by atoms with Gasteiger partial charge in [0.15, 0.2) is 5.76 Å². The summed E-state index contributed by atoms with van der Waals surface area (Å²) in [4.78, 5) is 19.2. The molecule has 0 saturated carbocycles. The molecule has 0 radical (unpaired) electrons. The second-order valence-electron chi connectivity index (χ2n) is 6.96. The molecule has 2 aromatic rings. The highest BCUT2D eigenvalue weighted by atomic mass is 16.4. The van der Waals surface area contributed by atoms with E-state index in [-0.39, 0.29) is 17.8 Å². The minimum Gasteiger partial charge on any atom is -0.432 e. The molecule has 24 heavy (non-hydrogen) atoms. The van der Waals surface area contributed by atoms with Gasteiger partial charge in [0.1, 0.15) is 0 Å². The number of fused-ring (bicyclic) bond motifs is 3. The van der Waals surface area contributed by atoms with E-state index in [1.807, 2.05) is 31.2 Å². The molecule has 2 atom stereocenters. The van der Waals surface area contributed by atoms with Crippen molar-refractivity contribution in [1.82, 2.24) is 15.2 Å². The van der Waals surface area contributed by atoms with E-state index in [9.17, 15) is 4.79 Å². The first-order valence-electron chi connectivity index (χ1n) is 8.70. The third-order valence-electron chi connectivity index (χ3n) is 5.59. The van der Waals surface area contributed by atoms with E-state index >= 15 is 0 Å². The fraction of sp³-hybridized carbons (Fsp3) is 0.474. The van der Waals surface area contributed by atoms with Crippen molar-refractivity contribution in [3.63, 3.8) is 0 Å². The van der Waals surface area contributed by atoms with Crippen molar-refractivity contribution in [2.45, 2.75) is 38.8 Å². The number of aromatic nitrogens is 1. The number of rotatable bonds is 3. The van der Waals surface area contributed by atoms with Gasteiger partial charge in [-0.05, 0) is 51.3 Å². The number of piperidine rings is 3. The number of hydrogen-bond donors (Lipinski definition) is 1. The Morgan fingerprint density at radius 2 is 2.04 bits per heavy atom. The third-order valence-corrected chi connectivity index (χ3v) is 5.59. The predicted molar refractivity (Wildman–Crippen MR) is 91.7 cm³/mol. The van der Waals surface area contributed by atoms with Crippen LogP contribution >= 0.6 is 0 Å². The molecule has 1 aromatic heterocycles. The number of carbonyl (C=O) groups is 1. The largest absolute Gasteiger partial charge is 0.432 e. The monoisotopic (exact) mass is 325 g/mol. The summed E-state index contributed by atoms with van der Waals surface area (Å²) >= 11 is 0. The summed E-state index contributed by atoms with van der Waals surface area (Å²) in [5, 5.41) is 3.16. The Hall–Kier alpha value is -2.14. The molecule has 126 valence electrons. The van der Waals surface area contributed by atoms with Crippen LogP contribution < -0.4 is 5.32 Å². The molecule has 2 bridgehead atoms. The van der Waals surface area contributed by atoms with Crippen LogP contribution in [0.2, 0.25) is 0 Å². The van der Waals surface area contributed by atoms with Crippen LogP contribution in [0.25, 0.3) is 11.3 Å². The number of nitrogens with zero attached hydrogens (tertiary/aromatic N) is 2. The highest BCUT2D eigenvalue weighted by Gasteiger charge is 2.40. The van der Waals surface area contributed by atoms with Crippen molar-refractivity contribution in [1.29, 1.82) is 0 Å². The molecule has 0 aliphatic carbocycles. The number of hydrogen-bond acceptors (Lipinski definition) is 4. The summed E-state index contributed by atoms with van der Waals surface area (Å²) in [5.74, 6) is 1.15. The maximum atomic E-state index is 12.6. The zero-order valence-electron chi connectivity index (χ0n) is 14.2. The van der Waals surface area contributed by atoms with Gasteiger partial charge >= 0.3 is 5.91 Å². The number of carbonyl (C=O) groups excluding carboxylic acids is 1. The van der Waals surface area contributed by atoms with Crippen LogP contribution in [0.3, 0.4) is 0 Å². The SMILES string of the molecule is Cc1ccccc1-c1cnc(C(=O)N[C@@H]2C3CCN(CC3)[C@@H]2C)o1. The lowest BCUT2D eigenvalue weighted by atomic mass is 9.79. The van der Waals surface area contributed by atoms with Gasteiger partial charge in [0.2, 0.25) is 0 Å². The summed E-state index contributed by atoms with van der Waals surface area (Å²) in [7, 11) is 0. The number of nitrogens with one attached hydrogen (secondary N) is 1. The maximum absolute atomic E-state index is 12.6. The Morgan fingerprint density at radius 1 is 1.29 bits per heavy atom. The van der Waals surface area contributed by atoms with Crippen LogP contribution in [0.5, 0.6) is 0 Å². The first kappa shape index (κ1) is 15.4. The average molecular weight is 325 g/mol. The van der Waals surface area contributed by atoms with Crippen molar-refractivity contribution in [2.24, 2.45) is 5.92 Å². The van der Waals surface area contributed by atoms with Crippen molar-refractivity contribution < 1.29 is 9.21 Å². The Bertz CT molecular complexity index is 745. The van der Waals surface area contributed by atoms with Crippen LogP contribution in [0.15, 0.2) is 34.9 Å². The first-order valence-corrected chi connectivity index (χ1v) is 8.70. The summed E-state index contributed by atoms with van der Waals surface area (Å²) in [5.41, 5.74) is 2.08. The van der Waals surface area contributed by atoms with E-state index in [2.05, 4.69) is 22.1 Å². The zero-order valence-corrected chi connectivity index (χ0v) is 14.2. The molecular weight excluding hydrogens is 302 g/mol. The molecule has 0 spiro atoms. The topological polar surface area (TPSA) is 58.4 Å². The minimum absolute atomic E-state index is 0.150. The van der Waals surface area contributed by atoms with Crippen LogP contribution in [-0.4, -0.2) is 41.0 Å². The molecule has 5 rings (SSSR count). The van der Waals surface area contributed by atoms with E-state index in [1.165, 1.54) is 0 Å². The quantitative estimate of drug-likeness (QED) is 0.943. The van der Waals surface area contributed by atoms with Crippen LogP contribution in [0.4, 0.5) is 0 Å². The van der Waals surface area contributed by atoms with Gasteiger partial charge in [-0.2, -0.15) is 0 Å². The molecular formula is C19H23N3O2. The molecule has 0 unspecified atom stereocenters. The van der Waals surface area contributed by atoms with E-state index in [0.29, 0.717) is 17.7 Å². The lowest BCUT2D eigenvalue weighted by molar-refractivity contribution is 0.0210. The molecule has 3 aliphatic rings. The fourth-order valence-corrected chi connectivity index (χ4v) is 4.11.